The number of rotatable bonds is 2. The second-order valence-electron chi connectivity index (χ2n) is 5.65. The molecule has 1 fully saturated rings. The van der Waals surface area contributed by atoms with E-state index in [1.54, 1.807) is 0 Å². The van der Waals surface area contributed by atoms with Gasteiger partial charge in [0, 0.05) is 12.5 Å². The van der Waals surface area contributed by atoms with E-state index in [0.29, 0.717) is 18.1 Å². The zero-order valence-electron chi connectivity index (χ0n) is 10.5. The SMILES string of the molecule is Cc1ccc2c(c1)CC(CC1CCCC1N)O2. The summed E-state index contributed by atoms with van der Waals surface area (Å²) in [5.74, 6) is 1.77. The zero-order chi connectivity index (χ0) is 11.8. The van der Waals surface area contributed by atoms with Crippen LogP contribution in [0.2, 0.25) is 0 Å². The molecule has 17 heavy (non-hydrogen) atoms. The second kappa shape index (κ2) is 4.34. The van der Waals surface area contributed by atoms with Gasteiger partial charge in [-0.1, -0.05) is 24.1 Å². The van der Waals surface area contributed by atoms with Crippen molar-refractivity contribution in [2.24, 2.45) is 11.7 Å². The number of hydrogen-bond acceptors (Lipinski definition) is 2. The Balaban J connectivity index is 1.66. The van der Waals surface area contributed by atoms with Crippen molar-refractivity contribution in [3.8, 4) is 5.75 Å². The summed E-state index contributed by atoms with van der Waals surface area (Å²) in [5.41, 5.74) is 8.83. The molecule has 1 aromatic carbocycles. The van der Waals surface area contributed by atoms with E-state index in [0.717, 1.165) is 18.6 Å². The molecular formula is C15H21NO. The van der Waals surface area contributed by atoms with Crippen LogP contribution in [0, 0.1) is 12.8 Å². The Morgan fingerprint density at radius 3 is 3.00 bits per heavy atom. The molecule has 0 amide bonds. The number of aryl methyl sites for hydroxylation is 1. The van der Waals surface area contributed by atoms with E-state index in [1.165, 1.54) is 30.4 Å². The van der Waals surface area contributed by atoms with Gasteiger partial charge in [-0.25, -0.2) is 0 Å². The smallest absolute Gasteiger partial charge is 0.123 e. The van der Waals surface area contributed by atoms with Crippen LogP contribution in [0.3, 0.4) is 0 Å². The highest BCUT2D eigenvalue weighted by molar-refractivity contribution is 5.40. The van der Waals surface area contributed by atoms with E-state index in [1.807, 2.05) is 0 Å². The maximum atomic E-state index is 6.13. The molecule has 0 saturated heterocycles. The standard InChI is InChI=1S/C15H21NO/c1-10-5-6-15-12(7-10)9-13(17-15)8-11-3-2-4-14(11)16/h5-7,11,13-14H,2-4,8-9,16H2,1H3. The van der Waals surface area contributed by atoms with Gasteiger partial charge in [-0.15, -0.1) is 0 Å². The molecule has 3 rings (SSSR count). The average Bonchev–Trinajstić information content (AvgIpc) is 2.85. The lowest BCUT2D eigenvalue weighted by Gasteiger charge is -2.19. The third-order valence-electron chi connectivity index (χ3n) is 4.24. The first-order valence-corrected chi connectivity index (χ1v) is 6.74. The Hall–Kier alpha value is -1.02. The molecule has 2 aliphatic rings. The molecule has 3 atom stereocenters. The van der Waals surface area contributed by atoms with Gasteiger partial charge in [0.2, 0.25) is 0 Å². The summed E-state index contributed by atoms with van der Waals surface area (Å²) in [7, 11) is 0. The molecule has 0 radical (unpaired) electrons. The summed E-state index contributed by atoms with van der Waals surface area (Å²) < 4.78 is 6.02. The Bertz CT molecular complexity index is 415. The lowest BCUT2D eigenvalue weighted by molar-refractivity contribution is 0.189. The lowest BCUT2D eigenvalue weighted by atomic mass is 9.94. The lowest BCUT2D eigenvalue weighted by Crippen LogP contribution is -2.29. The van der Waals surface area contributed by atoms with Gasteiger partial charge in [0.05, 0.1) is 0 Å². The topological polar surface area (TPSA) is 35.2 Å². The molecule has 1 aliphatic carbocycles. The highest BCUT2D eigenvalue weighted by atomic mass is 16.5. The van der Waals surface area contributed by atoms with E-state index in [2.05, 4.69) is 25.1 Å². The zero-order valence-corrected chi connectivity index (χ0v) is 10.5. The van der Waals surface area contributed by atoms with Crippen molar-refractivity contribution in [3.05, 3.63) is 29.3 Å². The third-order valence-corrected chi connectivity index (χ3v) is 4.24. The first-order chi connectivity index (χ1) is 8.22. The van der Waals surface area contributed by atoms with Crippen LogP contribution in [0.1, 0.15) is 36.8 Å². The fourth-order valence-electron chi connectivity index (χ4n) is 3.28. The molecule has 1 aromatic rings. The molecule has 0 spiro atoms. The second-order valence-corrected chi connectivity index (χ2v) is 5.65. The van der Waals surface area contributed by atoms with Gasteiger partial charge in [-0.2, -0.15) is 0 Å². The molecule has 0 aromatic heterocycles. The van der Waals surface area contributed by atoms with Crippen molar-refractivity contribution >= 4 is 0 Å². The minimum absolute atomic E-state index is 0.362. The Morgan fingerprint density at radius 2 is 2.24 bits per heavy atom. The van der Waals surface area contributed by atoms with Gasteiger partial charge >= 0.3 is 0 Å². The average molecular weight is 231 g/mol. The van der Waals surface area contributed by atoms with Crippen molar-refractivity contribution in [2.45, 2.75) is 51.2 Å². The van der Waals surface area contributed by atoms with Crippen LogP contribution in [-0.4, -0.2) is 12.1 Å². The number of hydrogen-bond donors (Lipinski definition) is 1. The van der Waals surface area contributed by atoms with Crippen molar-refractivity contribution in [3.63, 3.8) is 0 Å². The minimum Gasteiger partial charge on any atom is -0.490 e. The monoisotopic (exact) mass is 231 g/mol. The summed E-state index contributed by atoms with van der Waals surface area (Å²) in [6, 6.07) is 6.90. The maximum absolute atomic E-state index is 6.13. The van der Waals surface area contributed by atoms with E-state index in [-0.39, 0.29) is 0 Å². The molecule has 0 bridgehead atoms. The summed E-state index contributed by atoms with van der Waals surface area (Å²) in [6.45, 7) is 2.14. The third kappa shape index (κ3) is 2.19. The van der Waals surface area contributed by atoms with Gasteiger partial charge < -0.3 is 10.5 Å². The van der Waals surface area contributed by atoms with Crippen LogP contribution < -0.4 is 10.5 Å². The van der Waals surface area contributed by atoms with Gasteiger partial charge in [0.1, 0.15) is 11.9 Å². The molecule has 2 heteroatoms. The molecule has 1 aliphatic heterocycles. The summed E-state index contributed by atoms with van der Waals surface area (Å²) in [4.78, 5) is 0. The van der Waals surface area contributed by atoms with Crippen molar-refractivity contribution in [2.75, 3.05) is 0 Å². The molecule has 2 N–H and O–H groups in total. The van der Waals surface area contributed by atoms with E-state index in [9.17, 15) is 0 Å². The van der Waals surface area contributed by atoms with Gasteiger partial charge in [0.25, 0.3) is 0 Å². The van der Waals surface area contributed by atoms with Crippen LogP contribution in [-0.2, 0) is 6.42 Å². The summed E-state index contributed by atoms with van der Waals surface area (Å²) in [5, 5.41) is 0. The Kier molecular flexibility index (Phi) is 2.83. The van der Waals surface area contributed by atoms with Gasteiger partial charge in [-0.05, 0) is 43.7 Å². The van der Waals surface area contributed by atoms with Crippen LogP contribution in [0.4, 0.5) is 0 Å². The first kappa shape index (κ1) is 11.1. The molecular weight excluding hydrogens is 210 g/mol. The molecule has 3 unspecified atom stereocenters. The molecule has 1 saturated carbocycles. The first-order valence-electron chi connectivity index (χ1n) is 6.74. The van der Waals surface area contributed by atoms with Gasteiger partial charge in [0.15, 0.2) is 0 Å². The fraction of sp³-hybridized carbons (Fsp3) is 0.600. The highest BCUT2D eigenvalue weighted by Crippen LogP contribution is 2.35. The van der Waals surface area contributed by atoms with E-state index in [4.69, 9.17) is 10.5 Å². The van der Waals surface area contributed by atoms with Crippen LogP contribution >= 0.6 is 0 Å². The Labute approximate surface area is 103 Å². The number of ether oxygens (including phenoxy) is 1. The summed E-state index contributed by atoms with van der Waals surface area (Å²) >= 11 is 0. The number of benzene rings is 1. The predicted molar refractivity (Wildman–Crippen MR) is 69.2 cm³/mol. The number of nitrogens with two attached hydrogens (primary N) is 1. The minimum atomic E-state index is 0.362. The van der Waals surface area contributed by atoms with E-state index < -0.39 is 0 Å². The van der Waals surface area contributed by atoms with Crippen LogP contribution in [0.25, 0.3) is 0 Å². The largest absolute Gasteiger partial charge is 0.490 e. The maximum Gasteiger partial charge on any atom is 0.123 e. The van der Waals surface area contributed by atoms with Crippen molar-refractivity contribution < 1.29 is 4.74 Å². The quantitative estimate of drug-likeness (QED) is 0.849. The highest BCUT2D eigenvalue weighted by Gasteiger charge is 2.30. The molecule has 92 valence electrons. The predicted octanol–water partition coefficient (Wildman–Crippen LogP) is 2.82. The van der Waals surface area contributed by atoms with E-state index >= 15 is 0 Å². The van der Waals surface area contributed by atoms with Crippen LogP contribution in [0.5, 0.6) is 5.75 Å². The molecule has 1 heterocycles. The van der Waals surface area contributed by atoms with Crippen LogP contribution in [0.15, 0.2) is 18.2 Å². The normalized spacial score (nSPS) is 31.3. The number of fused-ring (bicyclic) bond motifs is 1. The summed E-state index contributed by atoms with van der Waals surface area (Å²) in [6.07, 6.45) is 6.35. The fourth-order valence-corrected chi connectivity index (χ4v) is 3.28. The van der Waals surface area contributed by atoms with Gasteiger partial charge in [-0.3, -0.25) is 0 Å². The molecule has 2 nitrogen and oxygen atoms in total. The van der Waals surface area contributed by atoms with Crippen molar-refractivity contribution in [1.82, 2.24) is 0 Å². The Morgan fingerprint density at radius 1 is 1.35 bits per heavy atom. The van der Waals surface area contributed by atoms with Crippen molar-refractivity contribution in [1.29, 1.82) is 0 Å².